The smallest absolute Gasteiger partial charge is 0.0408 e. The van der Waals surface area contributed by atoms with Crippen LogP contribution in [-0.4, -0.2) is 7.05 Å². The molecule has 0 spiro atoms. The number of para-hydroxylation sites is 1. The lowest BCUT2D eigenvalue weighted by Gasteiger charge is -2.20. The van der Waals surface area contributed by atoms with Gasteiger partial charge in [0.1, 0.15) is 0 Å². The normalized spacial score (nSPS) is 11.2. The lowest BCUT2D eigenvalue weighted by atomic mass is 9.85. The van der Waals surface area contributed by atoms with Crippen molar-refractivity contribution < 1.29 is 0 Å². The Morgan fingerprint density at radius 3 is 2.00 bits per heavy atom. The Hall–Kier alpha value is -3.84. The van der Waals surface area contributed by atoms with Crippen molar-refractivity contribution in [3.05, 3.63) is 120 Å². The van der Waals surface area contributed by atoms with Gasteiger partial charge in [0.15, 0.2) is 0 Å². The van der Waals surface area contributed by atoms with Crippen molar-refractivity contribution in [2.45, 2.75) is 26.7 Å². The third-order valence-electron chi connectivity index (χ3n) is 6.81. The van der Waals surface area contributed by atoms with E-state index >= 15 is 0 Å². The number of hydrogen-bond acceptors (Lipinski definition) is 1. The van der Waals surface area contributed by atoms with Crippen LogP contribution in [0.4, 0.5) is 11.4 Å². The summed E-state index contributed by atoms with van der Waals surface area (Å²) >= 11 is 0. The molecule has 0 amide bonds. The number of hydrogen-bond donors (Lipinski definition) is 0. The van der Waals surface area contributed by atoms with Crippen LogP contribution in [0.3, 0.4) is 0 Å². The molecule has 0 aliphatic carbocycles. The molecule has 0 saturated carbocycles. The second-order valence-corrected chi connectivity index (χ2v) is 9.38. The van der Waals surface area contributed by atoms with E-state index < -0.39 is 0 Å². The maximum absolute atomic E-state index is 2.39. The Bertz CT molecular complexity index is 1430. The van der Waals surface area contributed by atoms with E-state index in [0.717, 1.165) is 0 Å². The average molecular weight is 442 g/mol. The monoisotopic (exact) mass is 441 g/mol. The van der Waals surface area contributed by atoms with E-state index in [1.54, 1.807) is 0 Å². The van der Waals surface area contributed by atoms with Crippen LogP contribution in [0.2, 0.25) is 0 Å². The molecule has 0 radical (unpaired) electrons. The molecule has 168 valence electrons. The van der Waals surface area contributed by atoms with Crippen molar-refractivity contribution in [1.82, 2.24) is 0 Å². The van der Waals surface area contributed by atoms with E-state index in [9.17, 15) is 0 Å². The van der Waals surface area contributed by atoms with Gasteiger partial charge in [-0.1, -0.05) is 92.7 Å². The zero-order valence-electron chi connectivity index (χ0n) is 20.4. The van der Waals surface area contributed by atoms with Crippen molar-refractivity contribution in [3.8, 4) is 22.3 Å². The van der Waals surface area contributed by atoms with Crippen LogP contribution in [0.1, 0.15) is 30.9 Å². The fourth-order valence-electron chi connectivity index (χ4n) is 4.87. The highest BCUT2D eigenvalue weighted by atomic mass is 15.1. The Morgan fingerprint density at radius 2 is 1.26 bits per heavy atom. The van der Waals surface area contributed by atoms with Gasteiger partial charge in [-0.15, -0.1) is 0 Å². The van der Waals surface area contributed by atoms with Crippen molar-refractivity contribution in [2.24, 2.45) is 0 Å². The van der Waals surface area contributed by atoms with Crippen molar-refractivity contribution in [1.29, 1.82) is 0 Å². The molecule has 5 rings (SSSR count). The fourth-order valence-corrected chi connectivity index (χ4v) is 4.87. The summed E-state index contributed by atoms with van der Waals surface area (Å²) in [4.78, 5) is 2.22. The molecule has 0 bridgehead atoms. The van der Waals surface area contributed by atoms with Crippen LogP contribution in [0.5, 0.6) is 0 Å². The molecule has 0 aliphatic rings. The van der Waals surface area contributed by atoms with Gasteiger partial charge >= 0.3 is 0 Å². The van der Waals surface area contributed by atoms with Gasteiger partial charge in [-0.25, -0.2) is 0 Å². The van der Waals surface area contributed by atoms with Gasteiger partial charge in [0.25, 0.3) is 0 Å². The van der Waals surface area contributed by atoms with E-state index in [-0.39, 0.29) is 0 Å². The minimum Gasteiger partial charge on any atom is -0.345 e. The molecule has 5 aromatic rings. The number of aryl methyl sites for hydroxylation is 1. The highest BCUT2D eigenvalue weighted by molar-refractivity contribution is 5.99. The van der Waals surface area contributed by atoms with Crippen LogP contribution in [-0.2, 0) is 0 Å². The summed E-state index contributed by atoms with van der Waals surface area (Å²) in [5.74, 6) is 0.448. The number of anilines is 2. The summed E-state index contributed by atoms with van der Waals surface area (Å²) in [6.07, 6.45) is 0. The van der Waals surface area contributed by atoms with Gasteiger partial charge in [-0.3, -0.25) is 0 Å². The molecule has 0 heterocycles. The van der Waals surface area contributed by atoms with Gasteiger partial charge in [-0.05, 0) is 87.3 Å². The molecule has 5 aromatic carbocycles. The number of benzene rings is 5. The standard InChI is InChI=1S/C33H31N/c1-23(2)30-21-18-27(22-32(30)33-24(3)14-15-26-10-8-9-13-31(26)33)25-16-19-29(20-17-25)34(4)28-11-6-5-7-12-28/h5-23H,1-4H3. The molecule has 0 saturated heterocycles. The number of nitrogens with zero attached hydrogens (tertiary/aromatic N) is 1. The molecule has 0 atom stereocenters. The fraction of sp³-hybridized carbons (Fsp3) is 0.152. The highest BCUT2D eigenvalue weighted by Crippen LogP contribution is 2.39. The average Bonchev–Trinajstić information content (AvgIpc) is 2.88. The Kier molecular flexibility index (Phi) is 5.94. The third kappa shape index (κ3) is 4.10. The summed E-state index contributed by atoms with van der Waals surface area (Å²) in [5.41, 5.74) is 10.3. The minimum absolute atomic E-state index is 0.448. The van der Waals surface area contributed by atoms with Gasteiger partial charge in [0.05, 0.1) is 0 Å². The van der Waals surface area contributed by atoms with E-state index in [2.05, 4.69) is 142 Å². The maximum atomic E-state index is 2.39. The molecule has 34 heavy (non-hydrogen) atoms. The maximum Gasteiger partial charge on any atom is 0.0408 e. The molecule has 0 unspecified atom stereocenters. The molecule has 1 nitrogen and oxygen atoms in total. The van der Waals surface area contributed by atoms with Crippen molar-refractivity contribution >= 4 is 22.1 Å². The van der Waals surface area contributed by atoms with E-state index in [1.165, 1.54) is 55.5 Å². The highest BCUT2D eigenvalue weighted by Gasteiger charge is 2.15. The number of rotatable bonds is 5. The first-order valence-corrected chi connectivity index (χ1v) is 12.0. The molecule has 0 fully saturated rings. The summed E-state index contributed by atoms with van der Waals surface area (Å²) in [7, 11) is 2.11. The third-order valence-corrected chi connectivity index (χ3v) is 6.81. The first-order valence-electron chi connectivity index (χ1n) is 12.0. The second-order valence-electron chi connectivity index (χ2n) is 9.38. The van der Waals surface area contributed by atoms with Crippen LogP contribution < -0.4 is 4.90 Å². The number of fused-ring (bicyclic) bond motifs is 1. The minimum atomic E-state index is 0.448. The largest absolute Gasteiger partial charge is 0.345 e. The van der Waals surface area contributed by atoms with Gasteiger partial charge < -0.3 is 4.90 Å². The van der Waals surface area contributed by atoms with Gasteiger partial charge in [-0.2, -0.15) is 0 Å². The predicted octanol–water partition coefficient (Wildman–Crippen LogP) is 9.37. The van der Waals surface area contributed by atoms with Crippen LogP contribution in [0.25, 0.3) is 33.0 Å². The van der Waals surface area contributed by atoms with Crippen molar-refractivity contribution in [3.63, 3.8) is 0 Å². The van der Waals surface area contributed by atoms with Gasteiger partial charge in [0, 0.05) is 18.4 Å². The lowest BCUT2D eigenvalue weighted by molar-refractivity contribution is 0.869. The van der Waals surface area contributed by atoms with Crippen LogP contribution in [0.15, 0.2) is 109 Å². The summed E-state index contributed by atoms with van der Waals surface area (Å²) in [6.45, 7) is 6.80. The SMILES string of the molecule is Cc1ccc2ccccc2c1-c1cc(-c2ccc(N(C)c3ccccc3)cc2)ccc1C(C)C. The summed E-state index contributed by atoms with van der Waals surface area (Å²) in [5, 5.41) is 2.61. The second kappa shape index (κ2) is 9.19. The molecule has 0 aliphatic heterocycles. The van der Waals surface area contributed by atoms with Crippen molar-refractivity contribution in [2.75, 3.05) is 11.9 Å². The molecular weight excluding hydrogens is 410 g/mol. The summed E-state index contributed by atoms with van der Waals surface area (Å²) in [6, 6.07) is 39.6. The topological polar surface area (TPSA) is 3.24 Å². The Balaban J connectivity index is 1.59. The first kappa shape index (κ1) is 22.0. The zero-order chi connectivity index (χ0) is 23.7. The van der Waals surface area contributed by atoms with E-state index in [4.69, 9.17) is 0 Å². The Morgan fingerprint density at radius 1 is 0.618 bits per heavy atom. The lowest BCUT2D eigenvalue weighted by Crippen LogP contribution is -2.08. The van der Waals surface area contributed by atoms with E-state index in [1.807, 2.05) is 0 Å². The quantitative estimate of drug-likeness (QED) is 0.262. The Labute approximate surface area is 203 Å². The molecule has 0 aromatic heterocycles. The molecule has 1 heteroatoms. The first-order chi connectivity index (χ1) is 16.5. The van der Waals surface area contributed by atoms with Crippen LogP contribution >= 0.6 is 0 Å². The molecule has 0 N–H and O–H groups in total. The summed E-state index contributed by atoms with van der Waals surface area (Å²) < 4.78 is 0. The predicted molar refractivity (Wildman–Crippen MR) is 148 cm³/mol. The van der Waals surface area contributed by atoms with Crippen LogP contribution in [0, 0.1) is 6.92 Å². The van der Waals surface area contributed by atoms with E-state index in [0.29, 0.717) is 5.92 Å². The zero-order valence-corrected chi connectivity index (χ0v) is 20.4. The van der Waals surface area contributed by atoms with Gasteiger partial charge in [0.2, 0.25) is 0 Å². The molecular formula is C33H31N.